The summed E-state index contributed by atoms with van der Waals surface area (Å²) in [6.45, 7) is 7.96. The number of allylic oxidation sites excluding steroid dienone is 1. The summed E-state index contributed by atoms with van der Waals surface area (Å²) in [5.41, 5.74) is 0.475. The Balaban J connectivity index is 0.00000180. The lowest BCUT2D eigenvalue weighted by Gasteiger charge is -2.40. The lowest BCUT2D eigenvalue weighted by atomic mass is 9.79. The molecule has 1 aliphatic heterocycles. The number of likely N-dealkylation sites (tertiary alicyclic amines) is 1. The molecule has 2 unspecified atom stereocenters. The number of aliphatic hydroxyl groups is 1. The Morgan fingerprint density at radius 2 is 1.84 bits per heavy atom. The number of rotatable bonds is 1. The molecule has 4 heteroatoms. The van der Waals surface area contributed by atoms with E-state index in [2.05, 4.69) is 4.90 Å². The predicted molar refractivity (Wildman–Crippen MR) is 79.6 cm³/mol. The molecule has 110 valence electrons. The van der Waals surface area contributed by atoms with Crippen molar-refractivity contribution < 1.29 is 9.90 Å². The summed E-state index contributed by atoms with van der Waals surface area (Å²) in [5, 5.41) is 10.6. The highest BCUT2D eigenvalue weighted by Gasteiger charge is 2.40. The number of piperidine rings is 1. The summed E-state index contributed by atoms with van der Waals surface area (Å²) in [6, 6.07) is 0.00625. The van der Waals surface area contributed by atoms with Crippen LogP contribution in [-0.2, 0) is 4.79 Å². The number of aliphatic hydroxyl groups excluding tert-OH is 1. The third-order valence-electron chi connectivity index (χ3n) is 4.41. The minimum Gasteiger partial charge on any atom is -0.391 e. The number of ketones is 1. The summed E-state index contributed by atoms with van der Waals surface area (Å²) in [7, 11) is 0. The van der Waals surface area contributed by atoms with E-state index in [9.17, 15) is 9.90 Å². The molecule has 0 saturated carbocycles. The molecule has 0 radical (unpaired) electrons. The van der Waals surface area contributed by atoms with E-state index in [0.29, 0.717) is 6.42 Å². The second-order valence-electron chi connectivity index (χ2n) is 6.47. The highest BCUT2D eigenvalue weighted by atomic mass is 35.5. The van der Waals surface area contributed by atoms with Gasteiger partial charge in [-0.3, -0.25) is 9.69 Å². The summed E-state index contributed by atoms with van der Waals surface area (Å²) in [6.07, 6.45) is 5.66. The van der Waals surface area contributed by atoms with Gasteiger partial charge in [-0.05, 0) is 43.8 Å². The Hall–Kier alpha value is -0.380. The van der Waals surface area contributed by atoms with Gasteiger partial charge in [0.25, 0.3) is 0 Å². The fourth-order valence-electron chi connectivity index (χ4n) is 3.08. The normalized spacial score (nSPS) is 32.2. The molecule has 19 heavy (non-hydrogen) atoms. The first-order chi connectivity index (χ1) is 8.42. The largest absolute Gasteiger partial charge is 0.391 e. The molecular weight excluding hydrogens is 262 g/mol. The average Bonchev–Trinajstić information content (AvgIpc) is 2.41. The summed E-state index contributed by atoms with van der Waals surface area (Å²) in [5.74, 6) is 0.179. The third kappa shape index (κ3) is 3.59. The first-order valence-electron chi connectivity index (χ1n) is 7.05. The Morgan fingerprint density at radius 1 is 1.26 bits per heavy atom. The number of Topliss-reactive ketones (excluding diaryl/α,β-unsaturated/α-hetero) is 1. The molecule has 1 N–H and O–H groups in total. The zero-order valence-corrected chi connectivity index (χ0v) is 13.0. The van der Waals surface area contributed by atoms with E-state index < -0.39 is 6.10 Å². The maximum Gasteiger partial charge on any atom is 0.158 e. The van der Waals surface area contributed by atoms with Crippen molar-refractivity contribution in [3.05, 3.63) is 11.6 Å². The molecule has 0 amide bonds. The Kier molecular flexibility index (Phi) is 5.60. The first-order valence-corrected chi connectivity index (χ1v) is 7.05. The van der Waals surface area contributed by atoms with Gasteiger partial charge in [-0.1, -0.05) is 26.3 Å². The summed E-state index contributed by atoms with van der Waals surface area (Å²) < 4.78 is 0. The standard InChI is InChI=1S/C15H25NO2.ClH/c1-11-9-12(16-7-5-4-6-8-16)14(18)15(2,3)10-13(11)17;/h9,12,14,18H,4-8,10H2,1-3H3;1H. The van der Waals surface area contributed by atoms with Crippen LogP contribution in [0.3, 0.4) is 0 Å². The van der Waals surface area contributed by atoms with E-state index in [1.54, 1.807) is 0 Å². The van der Waals surface area contributed by atoms with Gasteiger partial charge in [-0.15, -0.1) is 12.4 Å². The number of carbonyl (C=O) groups excluding carboxylic acids is 1. The van der Waals surface area contributed by atoms with Crippen molar-refractivity contribution in [2.45, 2.75) is 58.6 Å². The fourth-order valence-corrected chi connectivity index (χ4v) is 3.08. The maximum atomic E-state index is 12.0. The molecule has 1 fully saturated rings. The van der Waals surface area contributed by atoms with E-state index in [4.69, 9.17) is 0 Å². The summed E-state index contributed by atoms with van der Waals surface area (Å²) in [4.78, 5) is 14.4. The molecule has 3 nitrogen and oxygen atoms in total. The average molecular weight is 288 g/mol. The van der Waals surface area contributed by atoms with Gasteiger partial charge < -0.3 is 5.11 Å². The lowest BCUT2D eigenvalue weighted by Crippen LogP contribution is -2.50. The van der Waals surface area contributed by atoms with Crippen LogP contribution in [0.5, 0.6) is 0 Å². The van der Waals surface area contributed by atoms with Crippen molar-refractivity contribution in [1.29, 1.82) is 0 Å². The number of nitrogens with zero attached hydrogens (tertiary/aromatic N) is 1. The molecule has 0 aromatic carbocycles. The molecule has 1 heterocycles. The fraction of sp³-hybridized carbons (Fsp3) is 0.800. The first kappa shape index (κ1) is 16.7. The van der Waals surface area contributed by atoms with Gasteiger partial charge in [-0.2, -0.15) is 0 Å². The highest BCUT2D eigenvalue weighted by Crippen LogP contribution is 2.35. The van der Waals surface area contributed by atoms with Gasteiger partial charge in [-0.25, -0.2) is 0 Å². The second-order valence-corrected chi connectivity index (χ2v) is 6.47. The number of hydrogen-bond donors (Lipinski definition) is 1. The van der Waals surface area contributed by atoms with Crippen molar-refractivity contribution in [2.75, 3.05) is 13.1 Å². The topological polar surface area (TPSA) is 40.5 Å². The van der Waals surface area contributed by atoms with Crippen LogP contribution in [0.15, 0.2) is 11.6 Å². The minimum absolute atomic E-state index is 0. The van der Waals surface area contributed by atoms with Crippen molar-refractivity contribution in [3.8, 4) is 0 Å². The van der Waals surface area contributed by atoms with Gasteiger partial charge in [0.2, 0.25) is 0 Å². The maximum absolute atomic E-state index is 12.0. The van der Waals surface area contributed by atoms with Gasteiger partial charge in [0.15, 0.2) is 5.78 Å². The molecule has 1 aliphatic carbocycles. The van der Waals surface area contributed by atoms with Crippen LogP contribution in [0.25, 0.3) is 0 Å². The number of halogens is 1. The molecule has 0 bridgehead atoms. The van der Waals surface area contributed by atoms with Crippen LogP contribution in [-0.4, -0.2) is 41.0 Å². The minimum atomic E-state index is -0.461. The van der Waals surface area contributed by atoms with Crippen LogP contribution in [0.1, 0.15) is 46.5 Å². The van der Waals surface area contributed by atoms with Crippen LogP contribution < -0.4 is 0 Å². The Labute approximate surface area is 122 Å². The molecular formula is C15H26ClNO2. The van der Waals surface area contributed by atoms with E-state index >= 15 is 0 Å². The van der Waals surface area contributed by atoms with Crippen molar-refractivity contribution >= 4 is 18.2 Å². The molecule has 2 aliphatic rings. The lowest BCUT2D eigenvalue weighted by molar-refractivity contribution is -0.119. The van der Waals surface area contributed by atoms with Crippen molar-refractivity contribution in [2.24, 2.45) is 5.41 Å². The van der Waals surface area contributed by atoms with E-state index in [1.165, 1.54) is 19.3 Å². The highest BCUT2D eigenvalue weighted by molar-refractivity contribution is 5.95. The van der Waals surface area contributed by atoms with Crippen LogP contribution in [0, 0.1) is 5.41 Å². The van der Waals surface area contributed by atoms with Gasteiger partial charge in [0.05, 0.1) is 12.1 Å². The molecule has 0 aromatic rings. The van der Waals surface area contributed by atoms with Gasteiger partial charge >= 0.3 is 0 Å². The van der Waals surface area contributed by atoms with E-state index in [1.807, 2.05) is 26.8 Å². The second kappa shape index (κ2) is 6.38. The molecule has 1 saturated heterocycles. The molecule has 0 aromatic heterocycles. The van der Waals surface area contributed by atoms with E-state index in [0.717, 1.165) is 18.7 Å². The van der Waals surface area contributed by atoms with Gasteiger partial charge in [0, 0.05) is 6.42 Å². The third-order valence-corrected chi connectivity index (χ3v) is 4.41. The smallest absolute Gasteiger partial charge is 0.158 e. The Bertz CT molecular complexity index is 359. The monoisotopic (exact) mass is 287 g/mol. The summed E-state index contributed by atoms with van der Waals surface area (Å²) >= 11 is 0. The van der Waals surface area contributed by atoms with Crippen LogP contribution >= 0.6 is 12.4 Å². The quantitative estimate of drug-likeness (QED) is 0.806. The van der Waals surface area contributed by atoms with Gasteiger partial charge in [0.1, 0.15) is 0 Å². The van der Waals surface area contributed by atoms with Crippen LogP contribution in [0.4, 0.5) is 0 Å². The zero-order valence-electron chi connectivity index (χ0n) is 12.2. The number of carbonyl (C=O) groups is 1. The predicted octanol–water partition coefficient (Wildman–Crippen LogP) is 2.57. The van der Waals surface area contributed by atoms with E-state index in [-0.39, 0.29) is 29.6 Å². The number of hydrogen-bond acceptors (Lipinski definition) is 3. The molecule has 0 spiro atoms. The molecule has 2 atom stereocenters. The Morgan fingerprint density at radius 3 is 2.42 bits per heavy atom. The zero-order chi connectivity index (χ0) is 13.3. The van der Waals surface area contributed by atoms with Crippen LogP contribution in [0.2, 0.25) is 0 Å². The SMILES string of the molecule is CC1=CC(N2CCCCC2)C(O)C(C)(C)CC1=O.Cl. The van der Waals surface area contributed by atoms with Crippen molar-refractivity contribution in [3.63, 3.8) is 0 Å². The molecule has 2 rings (SSSR count). The van der Waals surface area contributed by atoms with Crippen molar-refractivity contribution in [1.82, 2.24) is 4.90 Å².